The summed E-state index contributed by atoms with van der Waals surface area (Å²) in [7, 11) is -4.81. The lowest BCUT2D eigenvalue weighted by atomic mass is 10.0. The van der Waals surface area contributed by atoms with E-state index in [1.54, 1.807) is 6.92 Å². The smallest absolute Gasteiger partial charge is 0.456 e. The van der Waals surface area contributed by atoms with Crippen molar-refractivity contribution in [1.82, 2.24) is 0 Å². The van der Waals surface area contributed by atoms with Gasteiger partial charge < -0.3 is 19.3 Å². The van der Waals surface area contributed by atoms with E-state index < -0.39 is 39.1 Å². The van der Waals surface area contributed by atoms with E-state index in [9.17, 15) is 14.2 Å². The molecule has 0 bridgehead atoms. The van der Waals surface area contributed by atoms with Gasteiger partial charge in [0, 0.05) is 12.3 Å². The van der Waals surface area contributed by atoms with Gasteiger partial charge in [0.05, 0.1) is 6.61 Å². The van der Waals surface area contributed by atoms with Gasteiger partial charge in [0.2, 0.25) is 0 Å². The van der Waals surface area contributed by atoms with E-state index in [2.05, 4.69) is 70.7 Å². The van der Waals surface area contributed by atoms with Crippen molar-refractivity contribution in [3.63, 3.8) is 0 Å². The molecule has 0 amide bonds. The number of hydrogen-bond donors (Lipinski definition) is 2. The Bertz CT molecular complexity index is 1080. The first-order valence-electron chi connectivity index (χ1n) is 13.3. The first kappa shape index (κ1) is 35.9. The molecule has 8 nitrogen and oxygen atoms in total. The molecule has 0 saturated heterocycles. The second-order valence-corrected chi connectivity index (χ2v) is 9.75. The summed E-state index contributed by atoms with van der Waals surface area (Å²) in [6, 6.07) is 0. The van der Waals surface area contributed by atoms with Gasteiger partial charge in [-0.1, -0.05) is 83.5 Å². The number of phosphoric acid groups is 1. The van der Waals surface area contributed by atoms with Crippen molar-refractivity contribution in [1.29, 1.82) is 0 Å². The minimum absolute atomic E-state index is 0.142. The predicted molar refractivity (Wildman–Crippen MR) is 149 cm³/mol. The lowest BCUT2D eigenvalue weighted by molar-refractivity contribution is -0.158. The van der Waals surface area contributed by atoms with E-state index in [4.69, 9.17) is 19.3 Å². The van der Waals surface area contributed by atoms with E-state index in [0.29, 0.717) is 6.42 Å². The molecule has 0 spiro atoms. The van der Waals surface area contributed by atoms with Gasteiger partial charge in [-0.15, -0.1) is 0 Å². The number of unbranched alkanes of at least 4 members (excludes halogenated alkanes) is 11. The summed E-state index contributed by atoms with van der Waals surface area (Å²) in [5.41, 5.74) is 0. The molecular formula is C30H39O8P. The maximum Gasteiger partial charge on any atom is 0.469 e. The summed E-state index contributed by atoms with van der Waals surface area (Å²) in [6.07, 6.45) is 12.8. The zero-order valence-corrected chi connectivity index (χ0v) is 23.9. The number of hydrogen-bond acceptors (Lipinski definition) is 6. The van der Waals surface area contributed by atoms with E-state index >= 15 is 0 Å². The quantitative estimate of drug-likeness (QED) is 0.0771. The van der Waals surface area contributed by atoms with E-state index in [-0.39, 0.29) is 6.42 Å². The lowest BCUT2D eigenvalue weighted by Gasteiger charge is -2.17. The van der Waals surface area contributed by atoms with Gasteiger partial charge in [-0.25, -0.2) is 9.36 Å². The summed E-state index contributed by atoms with van der Waals surface area (Å²) in [4.78, 5) is 41.8. The molecule has 2 N–H and O–H groups in total. The standard InChI is InChI=1S/C30H39O8P/c1-3-5-7-9-11-13-14-15-17-19-21-23-25-30(32)38-28(27-37-39(33,34)35)26-36-29(31)24-22-20-18-16-12-10-8-6-4-2/h28H,3,5,7,9,11,13-15,17,19,21,23,25-27H2,1-2H3,(H2,33,34,35)/t28-/m1/s1. The van der Waals surface area contributed by atoms with E-state index in [1.165, 1.54) is 51.4 Å². The molecule has 0 fully saturated rings. The molecule has 39 heavy (non-hydrogen) atoms. The van der Waals surface area contributed by atoms with Crippen molar-refractivity contribution in [3.8, 4) is 59.2 Å². The third kappa shape index (κ3) is 27.7. The molecular weight excluding hydrogens is 519 g/mol. The highest BCUT2D eigenvalue weighted by Gasteiger charge is 2.22. The Balaban J connectivity index is 4.36. The maximum atomic E-state index is 12.2. The van der Waals surface area contributed by atoms with Crippen molar-refractivity contribution < 1.29 is 37.9 Å². The molecule has 0 radical (unpaired) electrons. The summed E-state index contributed by atoms with van der Waals surface area (Å²) in [5, 5.41) is 0. The Kier molecular flexibility index (Phi) is 23.1. The highest BCUT2D eigenvalue weighted by molar-refractivity contribution is 7.46. The van der Waals surface area contributed by atoms with Gasteiger partial charge in [-0.3, -0.25) is 9.32 Å². The second-order valence-electron chi connectivity index (χ2n) is 8.51. The van der Waals surface area contributed by atoms with Crippen molar-refractivity contribution in [3.05, 3.63) is 0 Å². The number of rotatable bonds is 19. The third-order valence-electron chi connectivity index (χ3n) is 5.09. The Labute approximate surface area is 233 Å². The molecule has 0 aromatic heterocycles. The highest BCUT2D eigenvalue weighted by Crippen LogP contribution is 2.35. The molecule has 0 aliphatic heterocycles. The first-order valence-corrected chi connectivity index (χ1v) is 14.8. The molecule has 0 rings (SSSR count). The number of esters is 2. The van der Waals surface area contributed by atoms with Crippen LogP contribution in [-0.4, -0.2) is 41.0 Å². The van der Waals surface area contributed by atoms with Gasteiger partial charge in [0.15, 0.2) is 6.10 Å². The third-order valence-corrected chi connectivity index (χ3v) is 5.57. The molecule has 0 aliphatic rings. The van der Waals surface area contributed by atoms with Crippen LogP contribution in [0.15, 0.2) is 0 Å². The summed E-state index contributed by atoms with van der Waals surface area (Å²) in [5.74, 6) is 22.4. The zero-order chi connectivity index (χ0) is 29.0. The summed E-state index contributed by atoms with van der Waals surface area (Å²) < 4.78 is 25.5. The largest absolute Gasteiger partial charge is 0.469 e. The molecule has 0 saturated carbocycles. The average Bonchev–Trinajstić information content (AvgIpc) is 2.89. The van der Waals surface area contributed by atoms with Crippen LogP contribution in [0, 0.1) is 59.2 Å². The molecule has 0 aliphatic carbocycles. The van der Waals surface area contributed by atoms with Gasteiger partial charge in [-0.05, 0) is 60.7 Å². The predicted octanol–water partition coefficient (Wildman–Crippen LogP) is 4.68. The van der Waals surface area contributed by atoms with Crippen LogP contribution in [0.3, 0.4) is 0 Å². The van der Waals surface area contributed by atoms with Crippen LogP contribution in [0.1, 0.15) is 97.3 Å². The molecule has 0 heterocycles. The Hall–Kier alpha value is -3.15. The lowest BCUT2D eigenvalue weighted by Crippen LogP contribution is -2.29. The molecule has 0 aromatic carbocycles. The number of carbonyl (C=O) groups excluding carboxylic acids is 2. The van der Waals surface area contributed by atoms with Crippen molar-refractivity contribution >= 4 is 19.8 Å². The van der Waals surface area contributed by atoms with Crippen molar-refractivity contribution in [2.75, 3.05) is 13.2 Å². The monoisotopic (exact) mass is 558 g/mol. The minimum atomic E-state index is -4.81. The fraction of sp³-hybridized carbons (Fsp3) is 0.600. The van der Waals surface area contributed by atoms with Crippen LogP contribution in [0.4, 0.5) is 0 Å². The van der Waals surface area contributed by atoms with Gasteiger partial charge in [0.1, 0.15) is 6.61 Å². The van der Waals surface area contributed by atoms with Crippen molar-refractivity contribution in [2.45, 2.75) is 103 Å². The normalized spacial score (nSPS) is 10.4. The first-order chi connectivity index (χ1) is 18.8. The number of ether oxygens (including phenoxy) is 2. The van der Waals surface area contributed by atoms with Crippen LogP contribution < -0.4 is 0 Å². The second kappa shape index (κ2) is 25.1. The molecule has 9 heteroatoms. The van der Waals surface area contributed by atoms with Crippen LogP contribution in [0.5, 0.6) is 0 Å². The molecule has 0 aromatic rings. The Morgan fingerprint density at radius 2 is 1.21 bits per heavy atom. The fourth-order valence-corrected chi connectivity index (χ4v) is 3.55. The average molecular weight is 559 g/mol. The summed E-state index contributed by atoms with van der Waals surface area (Å²) >= 11 is 0. The highest BCUT2D eigenvalue weighted by atomic mass is 31.2. The van der Waals surface area contributed by atoms with Crippen LogP contribution >= 0.6 is 7.82 Å². The summed E-state index contributed by atoms with van der Waals surface area (Å²) in [6.45, 7) is 2.73. The fourth-order valence-electron chi connectivity index (χ4n) is 3.19. The zero-order valence-electron chi connectivity index (χ0n) is 23.0. The van der Waals surface area contributed by atoms with Crippen LogP contribution in [0.25, 0.3) is 0 Å². The SMILES string of the molecule is CC#CC#CC#CC#CC#CC(=O)OC[C@H](COP(=O)(O)O)OC(=O)CCCCCCCCCCCCCC. The Morgan fingerprint density at radius 1 is 0.718 bits per heavy atom. The van der Waals surface area contributed by atoms with Crippen molar-refractivity contribution in [2.24, 2.45) is 0 Å². The van der Waals surface area contributed by atoms with E-state index in [1.807, 2.05) is 0 Å². The van der Waals surface area contributed by atoms with Gasteiger partial charge >= 0.3 is 19.8 Å². The number of carbonyl (C=O) groups is 2. The Morgan fingerprint density at radius 3 is 1.72 bits per heavy atom. The van der Waals surface area contributed by atoms with Gasteiger partial charge in [-0.2, -0.15) is 0 Å². The topological polar surface area (TPSA) is 119 Å². The van der Waals surface area contributed by atoms with E-state index in [0.717, 1.165) is 19.3 Å². The van der Waals surface area contributed by atoms with Gasteiger partial charge in [0.25, 0.3) is 0 Å². The minimum Gasteiger partial charge on any atom is -0.456 e. The molecule has 212 valence electrons. The molecule has 0 unspecified atom stereocenters. The maximum absolute atomic E-state index is 12.2. The van der Waals surface area contributed by atoms with Crippen LogP contribution in [0.2, 0.25) is 0 Å². The molecule has 1 atom stereocenters. The van der Waals surface area contributed by atoms with Crippen LogP contribution in [-0.2, 0) is 28.2 Å². The number of phosphoric ester groups is 1.